The minimum atomic E-state index is -3.62. The Labute approximate surface area is 152 Å². The Morgan fingerprint density at radius 1 is 1.00 bits per heavy atom. The van der Waals surface area contributed by atoms with Crippen molar-refractivity contribution in [3.05, 3.63) is 10.2 Å². The van der Waals surface area contributed by atoms with E-state index < -0.39 is 39.4 Å². The summed E-state index contributed by atoms with van der Waals surface area (Å²) < 4.78 is 29.4. The average Bonchev–Trinajstić information content (AvgIpc) is 2.50. The quantitative estimate of drug-likeness (QED) is 0.368. The van der Waals surface area contributed by atoms with E-state index in [1.165, 1.54) is 51.8 Å². The molecule has 0 aromatic carbocycles. The second-order valence-corrected chi connectivity index (χ2v) is 22.2. The normalized spacial score (nSPS) is 14.2. The van der Waals surface area contributed by atoms with Crippen molar-refractivity contribution in [2.45, 2.75) is 84.3 Å². The van der Waals surface area contributed by atoms with Crippen LogP contribution >= 0.6 is 0 Å². The molecule has 1 unspecified atom stereocenters. The van der Waals surface area contributed by atoms with Crippen LogP contribution in [0.25, 0.3) is 0 Å². The van der Waals surface area contributed by atoms with Gasteiger partial charge >= 0.3 is 153 Å². The zero-order valence-corrected chi connectivity index (χ0v) is 19.5. The van der Waals surface area contributed by atoms with Gasteiger partial charge in [-0.3, -0.25) is 0 Å². The third-order valence-electron chi connectivity index (χ3n) is 4.69. The summed E-state index contributed by atoms with van der Waals surface area (Å²) in [5.41, 5.74) is 0. The predicted molar refractivity (Wildman–Crippen MR) is 102 cm³/mol. The van der Waals surface area contributed by atoms with Gasteiger partial charge in [-0.05, 0) is 0 Å². The third kappa shape index (κ3) is 9.44. The minimum absolute atomic E-state index is 0.0458. The van der Waals surface area contributed by atoms with Gasteiger partial charge in [0.05, 0.1) is 0 Å². The second kappa shape index (κ2) is 12.3. The molecule has 0 amide bonds. The Morgan fingerprint density at radius 3 is 1.71 bits per heavy atom. The summed E-state index contributed by atoms with van der Waals surface area (Å²) in [5.74, 6) is -1.49. The number of carboxylic acid groups (broad SMARTS) is 1. The molecule has 0 spiro atoms. The van der Waals surface area contributed by atoms with Crippen molar-refractivity contribution in [1.29, 1.82) is 0 Å². The van der Waals surface area contributed by atoms with E-state index in [9.17, 15) is 18.3 Å². The van der Waals surface area contributed by atoms with Gasteiger partial charge in [-0.15, -0.1) is 0 Å². The molecule has 24 heavy (non-hydrogen) atoms. The molecule has 0 bridgehead atoms. The number of rotatable bonds is 14. The van der Waals surface area contributed by atoms with Crippen LogP contribution in [0.2, 0.25) is 13.3 Å². The van der Waals surface area contributed by atoms with Crippen molar-refractivity contribution in [1.82, 2.24) is 0 Å². The summed E-state index contributed by atoms with van der Waals surface area (Å²) in [6.07, 6.45) is 10.1. The monoisotopic (exact) mass is 467 g/mol. The molecule has 0 rings (SSSR count). The molecule has 0 aromatic rings. The molecule has 6 heteroatoms. The van der Waals surface area contributed by atoms with Gasteiger partial charge in [0.2, 0.25) is 0 Å². The standard InChI is InChI=1S/C6H9O4S.3C4H9.Sn/c1-3-4-5(6(7)8)11(2,9)10;3*1-3-4-2;/h1,3,5H,4H2,2H3,(H,7,8);3*1,3-4H2,2H3;/p-1. The van der Waals surface area contributed by atoms with Crippen molar-refractivity contribution in [2.75, 3.05) is 6.26 Å². The van der Waals surface area contributed by atoms with Gasteiger partial charge in [-0.1, -0.05) is 0 Å². The van der Waals surface area contributed by atoms with Gasteiger partial charge in [0.1, 0.15) is 0 Å². The van der Waals surface area contributed by atoms with Gasteiger partial charge < -0.3 is 0 Å². The summed E-state index contributed by atoms with van der Waals surface area (Å²) >= 11 is -2.46. The maximum absolute atomic E-state index is 11.6. The summed E-state index contributed by atoms with van der Waals surface area (Å²) in [4.78, 5) is 11.1. The Morgan fingerprint density at radius 2 is 1.42 bits per heavy atom. The van der Waals surface area contributed by atoms with Crippen LogP contribution in [-0.4, -0.2) is 44.3 Å². The van der Waals surface area contributed by atoms with E-state index in [-0.39, 0.29) is 6.42 Å². The van der Waals surface area contributed by atoms with E-state index in [0.717, 1.165) is 6.26 Å². The van der Waals surface area contributed by atoms with Crippen molar-refractivity contribution >= 4 is 34.2 Å². The first-order valence-electron chi connectivity index (χ1n) is 9.29. The number of hydrogen-bond donors (Lipinski definition) is 0. The van der Waals surface area contributed by atoms with Crippen molar-refractivity contribution in [2.24, 2.45) is 0 Å². The summed E-state index contributed by atoms with van der Waals surface area (Å²) in [5, 5.41) is 9.70. The van der Waals surface area contributed by atoms with Crippen LogP contribution in [0.4, 0.5) is 0 Å². The van der Waals surface area contributed by atoms with Crippen LogP contribution in [0, 0.1) is 0 Å². The maximum atomic E-state index is 11.6. The molecule has 0 aromatic heterocycles. The Bertz CT molecular complexity index is 463. The molecule has 0 radical (unpaired) electrons. The van der Waals surface area contributed by atoms with Crippen LogP contribution in [0.3, 0.4) is 0 Å². The first-order valence-corrected chi connectivity index (χ1v) is 19.0. The van der Waals surface area contributed by atoms with E-state index in [2.05, 4.69) is 24.9 Å². The fraction of sp³-hybridized carbons (Fsp3) is 0.833. The first-order chi connectivity index (χ1) is 11.2. The summed E-state index contributed by atoms with van der Waals surface area (Å²) in [6.45, 7) is 6.61. The first kappa shape index (κ1) is 24.0. The van der Waals surface area contributed by atoms with Gasteiger partial charge in [0, 0.05) is 0 Å². The average molecular weight is 466 g/mol. The molecular formula is C18H35O4SSn-. The number of carbonyl (C=O) groups is 1. The van der Waals surface area contributed by atoms with Crippen LogP contribution in [0.1, 0.15) is 65.7 Å². The van der Waals surface area contributed by atoms with Crippen LogP contribution < -0.4 is 5.11 Å². The fourth-order valence-corrected chi connectivity index (χ4v) is 18.3. The molecule has 0 saturated heterocycles. The molecule has 4 nitrogen and oxygen atoms in total. The number of carboxylic acids is 1. The summed E-state index contributed by atoms with van der Waals surface area (Å²) in [7, 11) is -3.62. The molecular weight excluding hydrogens is 431 g/mol. The Hall–Kier alpha value is -0.0413. The molecule has 0 aliphatic rings. The van der Waals surface area contributed by atoms with Gasteiger partial charge in [0.15, 0.2) is 0 Å². The number of sulfone groups is 1. The summed E-state index contributed by atoms with van der Waals surface area (Å²) in [6, 6.07) is 0. The van der Waals surface area contributed by atoms with E-state index in [1.807, 2.05) is 6.08 Å². The molecule has 0 heterocycles. The fourth-order valence-electron chi connectivity index (χ4n) is 3.10. The number of allylic oxidation sites excluding steroid dienone is 1. The SMILES string of the molecule is CCC[CH2][Sn](/[CH]=C/CC(C(=O)[O-])S(C)(=O)=O)([CH2]CCC)[CH2]CCC. The van der Waals surface area contributed by atoms with Crippen molar-refractivity contribution < 1.29 is 18.3 Å². The van der Waals surface area contributed by atoms with Crippen LogP contribution in [-0.2, 0) is 14.6 Å². The van der Waals surface area contributed by atoms with Crippen molar-refractivity contribution in [3.8, 4) is 0 Å². The molecule has 1 atom stereocenters. The second-order valence-electron chi connectivity index (χ2n) is 6.95. The Balaban J connectivity index is 5.26. The number of carbonyl (C=O) groups excluding carboxylic acids is 1. The molecule has 0 saturated carbocycles. The third-order valence-corrected chi connectivity index (χ3v) is 20.3. The number of aliphatic carboxylic acids is 1. The van der Waals surface area contributed by atoms with Gasteiger partial charge in [0.25, 0.3) is 0 Å². The molecule has 0 fully saturated rings. The molecule has 0 aliphatic carbocycles. The molecule has 0 N–H and O–H groups in total. The van der Waals surface area contributed by atoms with E-state index in [0.29, 0.717) is 0 Å². The molecule has 142 valence electrons. The topological polar surface area (TPSA) is 74.3 Å². The van der Waals surface area contributed by atoms with E-state index in [4.69, 9.17) is 0 Å². The van der Waals surface area contributed by atoms with Crippen molar-refractivity contribution in [3.63, 3.8) is 0 Å². The zero-order chi connectivity index (χ0) is 18.6. The van der Waals surface area contributed by atoms with E-state index in [1.54, 1.807) is 0 Å². The zero-order valence-electron chi connectivity index (χ0n) is 15.8. The van der Waals surface area contributed by atoms with Gasteiger partial charge in [-0.25, -0.2) is 0 Å². The van der Waals surface area contributed by atoms with Crippen LogP contribution in [0.15, 0.2) is 10.2 Å². The predicted octanol–water partition coefficient (Wildman–Crippen LogP) is 3.48. The Kier molecular flexibility index (Phi) is 12.3. The number of unbranched alkanes of at least 4 members (excludes halogenated alkanes) is 3. The van der Waals surface area contributed by atoms with Crippen LogP contribution in [0.5, 0.6) is 0 Å². The molecule has 0 aliphatic heterocycles. The van der Waals surface area contributed by atoms with Gasteiger partial charge in [-0.2, -0.15) is 0 Å². The van der Waals surface area contributed by atoms with E-state index >= 15 is 0 Å². The number of hydrogen-bond acceptors (Lipinski definition) is 4.